The van der Waals surface area contributed by atoms with Crippen LogP contribution >= 0.6 is 0 Å². The van der Waals surface area contributed by atoms with Gasteiger partial charge in [-0.15, -0.1) is 0 Å². The van der Waals surface area contributed by atoms with Crippen molar-refractivity contribution in [2.45, 2.75) is 12.8 Å². The lowest BCUT2D eigenvalue weighted by atomic mass is 9.96. The number of imidazole rings is 1. The Balaban J connectivity index is 1.18. The molecule has 42 heavy (non-hydrogen) atoms. The van der Waals surface area contributed by atoms with Gasteiger partial charge in [0.2, 0.25) is 5.91 Å². The van der Waals surface area contributed by atoms with E-state index in [0.29, 0.717) is 60.2 Å². The second-order valence-electron chi connectivity index (χ2n) is 10.9. The van der Waals surface area contributed by atoms with Crippen molar-refractivity contribution in [3.63, 3.8) is 0 Å². The summed E-state index contributed by atoms with van der Waals surface area (Å²) >= 11 is 0. The highest BCUT2D eigenvalue weighted by Gasteiger charge is 2.24. The van der Waals surface area contributed by atoms with Crippen molar-refractivity contribution in [3.05, 3.63) is 54.5 Å². The number of piperidine rings is 1. The lowest BCUT2D eigenvalue weighted by molar-refractivity contribution is -0.121. The first-order valence-electron chi connectivity index (χ1n) is 14.2. The van der Waals surface area contributed by atoms with Crippen LogP contribution in [0.3, 0.4) is 0 Å². The molecule has 214 valence electrons. The van der Waals surface area contributed by atoms with E-state index in [4.69, 9.17) is 9.72 Å². The number of hydrogen-bond acceptors (Lipinski definition) is 8. The molecule has 2 aliphatic heterocycles. The number of benzene rings is 1. The minimum atomic E-state index is -0.0596. The largest absolute Gasteiger partial charge is 0.378 e. The standard InChI is InChI=1S/C30H31N9O3/c1-38-7-5-18(6-8-38)29(40)33-21-13-19(15-31-17-21)20-14-23-26(36-37-27(23)32-16-20)28-34-24-4-2-3-22(25(24)35-28)30(41)39-9-11-42-12-10-39/h2-4,13-18H,5-12H2,1H3,(H,33,40)(H,34,35)(H,32,36,37). The number of ether oxygens (including phenoxy) is 1. The number of aromatic nitrogens is 6. The summed E-state index contributed by atoms with van der Waals surface area (Å²) in [6, 6.07) is 9.46. The minimum Gasteiger partial charge on any atom is -0.378 e. The quantitative estimate of drug-likeness (QED) is 0.294. The Morgan fingerprint density at radius 1 is 1.02 bits per heavy atom. The van der Waals surface area contributed by atoms with Crippen LogP contribution in [0.15, 0.2) is 48.9 Å². The number of morpholine rings is 1. The van der Waals surface area contributed by atoms with Crippen molar-refractivity contribution in [2.75, 3.05) is 51.8 Å². The predicted molar refractivity (Wildman–Crippen MR) is 158 cm³/mol. The number of fused-ring (bicyclic) bond motifs is 2. The van der Waals surface area contributed by atoms with Gasteiger partial charge < -0.3 is 24.8 Å². The number of amides is 2. The van der Waals surface area contributed by atoms with Gasteiger partial charge in [0, 0.05) is 42.5 Å². The lowest BCUT2D eigenvalue weighted by Crippen LogP contribution is -2.40. The summed E-state index contributed by atoms with van der Waals surface area (Å²) in [6.07, 6.45) is 6.85. The zero-order valence-corrected chi connectivity index (χ0v) is 23.3. The number of pyridine rings is 2. The molecule has 5 aromatic rings. The smallest absolute Gasteiger partial charge is 0.256 e. The van der Waals surface area contributed by atoms with E-state index in [9.17, 15) is 9.59 Å². The van der Waals surface area contributed by atoms with Gasteiger partial charge >= 0.3 is 0 Å². The van der Waals surface area contributed by atoms with Crippen LogP contribution in [0.25, 0.3) is 44.7 Å². The molecular formula is C30H31N9O3. The molecule has 0 bridgehead atoms. The van der Waals surface area contributed by atoms with Gasteiger partial charge in [0.1, 0.15) is 11.2 Å². The van der Waals surface area contributed by atoms with Gasteiger partial charge in [-0.3, -0.25) is 19.7 Å². The van der Waals surface area contributed by atoms with E-state index in [2.05, 4.69) is 42.4 Å². The van der Waals surface area contributed by atoms with Crippen LogP contribution in [-0.4, -0.2) is 98.2 Å². The molecule has 2 fully saturated rings. The number of rotatable bonds is 5. The maximum atomic E-state index is 13.3. The highest BCUT2D eigenvalue weighted by atomic mass is 16.5. The zero-order chi connectivity index (χ0) is 28.6. The summed E-state index contributed by atoms with van der Waals surface area (Å²) in [6.45, 7) is 4.03. The van der Waals surface area contributed by atoms with Crippen molar-refractivity contribution in [2.24, 2.45) is 5.92 Å². The van der Waals surface area contributed by atoms with Crippen molar-refractivity contribution in [1.82, 2.24) is 39.9 Å². The Hall–Kier alpha value is -4.68. The summed E-state index contributed by atoms with van der Waals surface area (Å²) < 4.78 is 5.40. The van der Waals surface area contributed by atoms with Gasteiger partial charge in [-0.2, -0.15) is 5.10 Å². The van der Waals surface area contributed by atoms with Gasteiger partial charge in [-0.05, 0) is 57.2 Å². The molecule has 0 atom stereocenters. The van der Waals surface area contributed by atoms with Gasteiger partial charge in [0.25, 0.3) is 5.91 Å². The van der Waals surface area contributed by atoms with Crippen LogP contribution in [0, 0.1) is 5.92 Å². The van der Waals surface area contributed by atoms with Gasteiger partial charge in [-0.25, -0.2) is 9.97 Å². The van der Waals surface area contributed by atoms with Crippen LogP contribution in [0.2, 0.25) is 0 Å². The van der Waals surface area contributed by atoms with E-state index in [-0.39, 0.29) is 17.7 Å². The van der Waals surface area contributed by atoms with Gasteiger partial charge in [-0.1, -0.05) is 6.07 Å². The van der Waals surface area contributed by atoms with Gasteiger partial charge in [0.15, 0.2) is 11.5 Å². The molecule has 0 spiro atoms. The first-order chi connectivity index (χ1) is 20.5. The number of likely N-dealkylation sites (tertiary alicyclic amines) is 1. The molecule has 0 aliphatic carbocycles. The van der Waals surface area contributed by atoms with E-state index in [1.54, 1.807) is 29.6 Å². The molecule has 2 aliphatic rings. The van der Waals surface area contributed by atoms with Gasteiger partial charge in [0.05, 0.1) is 41.6 Å². The maximum Gasteiger partial charge on any atom is 0.256 e. The third kappa shape index (κ3) is 4.99. The molecule has 12 heteroatoms. The van der Waals surface area contributed by atoms with Crippen molar-refractivity contribution in [1.29, 1.82) is 0 Å². The number of nitrogens with one attached hydrogen (secondary N) is 3. The number of aromatic amines is 2. The fraction of sp³-hybridized carbons (Fsp3) is 0.333. The molecule has 0 radical (unpaired) electrons. The number of nitrogens with zero attached hydrogens (tertiary/aromatic N) is 6. The number of hydrogen-bond donors (Lipinski definition) is 3. The summed E-state index contributed by atoms with van der Waals surface area (Å²) in [4.78, 5) is 47.3. The minimum absolute atomic E-state index is 0.00449. The van der Waals surface area contributed by atoms with Crippen molar-refractivity contribution < 1.29 is 14.3 Å². The zero-order valence-electron chi connectivity index (χ0n) is 23.3. The number of H-pyrrole nitrogens is 2. The first kappa shape index (κ1) is 26.2. The molecule has 0 saturated carbocycles. The molecule has 12 nitrogen and oxygen atoms in total. The fourth-order valence-corrected chi connectivity index (χ4v) is 5.68. The Labute approximate surface area is 241 Å². The molecule has 2 saturated heterocycles. The van der Waals surface area contributed by atoms with E-state index >= 15 is 0 Å². The Kier molecular flexibility index (Phi) is 6.84. The van der Waals surface area contributed by atoms with Crippen molar-refractivity contribution in [3.8, 4) is 22.6 Å². The molecule has 0 unspecified atom stereocenters. The Morgan fingerprint density at radius 2 is 1.83 bits per heavy atom. The SMILES string of the molecule is CN1CCC(C(=O)Nc2cncc(-c3cnc4n[nH]c(-c5nc6c(C(=O)N7CCOCC7)cccc6[nH]5)c4c3)c2)CC1. The average Bonchev–Trinajstić information content (AvgIpc) is 3.65. The molecule has 7 rings (SSSR count). The van der Waals surface area contributed by atoms with Crippen LogP contribution < -0.4 is 5.32 Å². The predicted octanol–water partition coefficient (Wildman–Crippen LogP) is 3.32. The normalized spacial score (nSPS) is 16.7. The van der Waals surface area contributed by atoms with E-state index in [1.165, 1.54) is 0 Å². The van der Waals surface area contributed by atoms with E-state index in [0.717, 1.165) is 48.0 Å². The molecule has 4 aromatic heterocycles. The van der Waals surface area contributed by atoms with Crippen LogP contribution in [0.1, 0.15) is 23.2 Å². The topological polar surface area (TPSA) is 145 Å². The Morgan fingerprint density at radius 3 is 2.67 bits per heavy atom. The van der Waals surface area contributed by atoms with Crippen molar-refractivity contribution >= 4 is 39.6 Å². The highest BCUT2D eigenvalue weighted by Crippen LogP contribution is 2.31. The number of para-hydroxylation sites is 1. The monoisotopic (exact) mass is 565 g/mol. The average molecular weight is 566 g/mol. The summed E-state index contributed by atoms with van der Waals surface area (Å²) in [5.41, 5.74) is 5.41. The summed E-state index contributed by atoms with van der Waals surface area (Å²) in [5, 5.41) is 11.3. The number of carbonyl (C=O) groups excluding carboxylic acids is 2. The molecule has 2 amide bonds. The molecule has 3 N–H and O–H groups in total. The summed E-state index contributed by atoms with van der Waals surface area (Å²) in [7, 11) is 2.08. The summed E-state index contributed by atoms with van der Waals surface area (Å²) in [5.74, 6) is 0.538. The lowest BCUT2D eigenvalue weighted by Gasteiger charge is -2.28. The third-order valence-electron chi connectivity index (χ3n) is 8.12. The van der Waals surface area contributed by atoms with E-state index in [1.807, 2.05) is 24.3 Å². The number of anilines is 1. The van der Waals surface area contributed by atoms with Crippen LogP contribution in [-0.2, 0) is 9.53 Å². The Bertz CT molecular complexity index is 1780. The molecule has 6 heterocycles. The molecular weight excluding hydrogens is 534 g/mol. The second-order valence-corrected chi connectivity index (χ2v) is 10.9. The van der Waals surface area contributed by atoms with E-state index < -0.39 is 0 Å². The maximum absolute atomic E-state index is 13.3. The number of carbonyl (C=O) groups is 2. The highest BCUT2D eigenvalue weighted by molar-refractivity contribution is 6.06. The third-order valence-corrected chi connectivity index (χ3v) is 8.12. The second kappa shape index (κ2) is 11.0. The van der Waals surface area contributed by atoms with Crippen LogP contribution in [0.5, 0.6) is 0 Å². The molecule has 1 aromatic carbocycles. The first-order valence-corrected chi connectivity index (χ1v) is 14.2. The van der Waals surface area contributed by atoms with Crippen LogP contribution in [0.4, 0.5) is 5.69 Å². The fourth-order valence-electron chi connectivity index (χ4n) is 5.68.